The quantitative estimate of drug-likeness (QED) is 0.470. The highest BCUT2D eigenvalue weighted by Crippen LogP contribution is 2.04. The molecule has 0 radical (unpaired) electrons. The Morgan fingerprint density at radius 2 is 1.44 bits per heavy atom. The summed E-state index contributed by atoms with van der Waals surface area (Å²) in [6, 6.07) is 4.56. The van der Waals surface area contributed by atoms with Gasteiger partial charge in [0.15, 0.2) is 12.4 Å². The summed E-state index contributed by atoms with van der Waals surface area (Å²) >= 11 is 0. The molecule has 1 rings (SSSR count). The molecule has 2 heteroatoms. The number of unbranched alkanes of at least 4 members (excludes halogenated alkanes) is 5. The normalized spacial score (nSPS) is 10.1. The number of halogens is 1. The third kappa shape index (κ3) is 7.71. The van der Waals surface area contributed by atoms with E-state index in [0.29, 0.717) is 0 Å². The highest BCUT2D eigenvalue weighted by atomic mass is 35.5. The molecule has 104 valence electrons. The standard InChI is InChI=1S/C16H28N.ClH/c1-3-5-7-8-9-13-17-14-11-16(12-15-17)10-6-4-2;/h11-12,14-15H,3-10,13H2,1-2H3;1H/q+1;/p-1. The molecule has 0 spiro atoms. The lowest BCUT2D eigenvalue weighted by Crippen LogP contribution is -3.00. The van der Waals surface area contributed by atoms with E-state index in [2.05, 4.69) is 42.9 Å². The van der Waals surface area contributed by atoms with Crippen LogP contribution in [0.3, 0.4) is 0 Å². The van der Waals surface area contributed by atoms with E-state index in [1.54, 1.807) is 0 Å². The second-order valence-corrected chi connectivity index (χ2v) is 4.96. The third-order valence-corrected chi connectivity index (χ3v) is 3.30. The Morgan fingerprint density at radius 1 is 0.833 bits per heavy atom. The monoisotopic (exact) mass is 269 g/mol. The molecule has 1 aromatic rings. The van der Waals surface area contributed by atoms with Crippen molar-refractivity contribution >= 4 is 0 Å². The summed E-state index contributed by atoms with van der Waals surface area (Å²) < 4.78 is 2.32. The molecule has 0 bridgehead atoms. The first-order valence-corrected chi connectivity index (χ1v) is 7.34. The Bertz CT molecular complexity index is 282. The van der Waals surface area contributed by atoms with Crippen LogP contribution in [0.25, 0.3) is 0 Å². The lowest BCUT2D eigenvalue weighted by molar-refractivity contribution is -0.697. The highest BCUT2D eigenvalue weighted by Gasteiger charge is 2.00. The molecule has 1 nitrogen and oxygen atoms in total. The molecule has 0 fully saturated rings. The maximum atomic E-state index is 2.32. The number of pyridine rings is 1. The summed E-state index contributed by atoms with van der Waals surface area (Å²) in [4.78, 5) is 0. The minimum absolute atomic E-state index is 0. The Hall–Kier alpha value is -0.560. The van der Waals surface area contributed by atoms with Crippen LogP contribution in [0.1, 0.15) is 64.4 Å². The second kappa shape index (κ2) is 11.5. The molecule has 1 heterocycles. The maximum Gasteiger partial charge on any atom is 0.169 e. The van der Waals surface area contributed by atoms with E-state index in [4.69, 9.17) is 0 Å². The van der Waals surface area contributed by atoms with Crippen LogP contribution in [0, 0.1) is 0 Å². The molecule has 0 saturated carbocycles. The molecule has 1 aromatic heterocycles. The predicted octanol–water partition coefficient (Wildman–Crippen LogP) is 1.29. The molecule has 0 unspecified atom stereocenters. The predicted molar refractivity (Wildman–Crippen MR) is 74.0 cm³/mol. The summed E-state index contributed by atoms with van der Waals surface area (Å²) in [5, 5.41) is 0. The molecule has 0 amide bonds. The first kappa shape index (κ1) is 17.4. The van der Waals surface area contributed by atoms with Gasteiger partial charge in [0.2, 0.25) is 0 Å². The summed E-state index contributed by atoms with van der Waals surface area (Å²) in [7, 11) is 0. The number of aryl methyl sites for hydroxylation is 2. The van der Waals surface area contributed by atoms with Crippen molar-refractivity contribution in [2.45, 2.75) is 71.8 Å². The molecule has 0 aromatic carbocycles. The molecular weight excluding hydrogens is 242 g/mol. The zero-order valence-electron chi connectivity index (χ0n) is 12.0. The number of aromatic nitrogens is 1. The molecule has 0 aliphatic carbocycles. The lowest BCUT2D eigenvalue weighted by atomic mass is 10.1. The Kier molecular flexibility index (Phi) is 11.2. The lowest BCUT2D eigenvalue weighted by Gasteiger charge is -2.00. The van der Waals surface area contributed by atoms with Crippen LogP contribution in [0.4, 0.5) is 0 Å². The van der Waals surface area contributed by atoms with Crippen LogP contribution in [0.5, 0.6) is 0 Å². The van der Waals surface area contributed by atoms with Crippen molar-refractivity contribution in [3.05, 3.63) is 30.1 Å². The Labute approximate surface area is 119 Å². The minimum atomic E-state index is 0. The molecule has 0 N–H and O–H groups in total. The van der Waals surface area contributed by atoms with Gasteiger partial charge in [0, 0.05) is 18.6 Å². The van der Waals surface area contributed by atoms with Crippen LogP contribution < -0.4 is 17.0 Å². The molecule has 18 heavy (non-hydrogen) atoms. The second-order valence-electron chi connectivity index (χ2n) is 4.96. The number of hydrogen-bond acceptors (Lipinski definition) is 0. The summed E-state index contributed by atoms with van der Waals surface area (Å²) in [6.07, 6.45) is 15.1. The topological polar surface area (TPSA) is 3.88 Å². The van der Waals surface area contributed by atoms with Gasteiger partial charge in [-0.2, -0.15) is 0 Å². The van der Waals surface area contributed by atoms with Gasteiger partial charge < -0.3 is 12.4 Å². The zero-order valence-corrected chi connectivity index (χ0v) is 12.8. The largest absolute Gasteiger partial charge is 1.00 e. The first-order chi connectivity index (χ1) is 8.36. The average Bonchev–Trinajstić information content (AvgIpc) is 2.37. The number of nitrogens with zero attached hydrogens (tertiary/aromatic N) is 1. The fourth-order valence-electron chi connectivity index (χ4n) is 2.08. The van der Waals surface area contributed by atoms with Crippen LogP contribution >= 0.6 is 0 Å². The molecule has 0 atom stereocenters. The van der Waals surface area contributed by atoms with Crippen molar-refractivity contribution < 1.29 is 17.0 Å². The fourth-order valence-corrected chi connectivity index (χ4v) is 2.08. The van der Waals surface area contributed by atoms with E-state index in [0.717, 1.165) is 0 Å². The minimum Gasteiger partial charge on any atom is -1.00 e. The van der Waals surface area contributed by atoms with E-state index in [-0.39, 0.29) is 12.4 Å². The first-order valence-electron chi connectivity index (χ1n) is 7.34. The molecule has 0 aliphatic heterocycles. The van der Waals surface area contributed by atoms with Gasteiger partial charge in [0.05, 0.1) is 0 Å². The SMILES string of the molecule is CCCCCCC[n+]1ccc(CCCC)cc1.[Cl-]. The van der Waals surface area contributed by atoms with Gasteiger partial charge in [-0.1, -0.05) is 39.5 Å². The van der Waals surface area contributed by atoms with Crippen LogP contribution in [-0.2, 0) is 13.0 Å². The van der Waals surface area contributed by atoms with Gasteiger partial charge in [-0.25, -0.2) is 4.57 Å². The van der Waals surface area contributed by atoms with Crippen molar-refractivity contribution in [3.63, 3.8) is 0 Å². The van der Waals surface area contributed by atoms with Gasteiger partial charge in [-0.15, -0.1) is 0 Å². The van der Waals surface area contributed by atoms with Crippen LogP contribution in [0.15, 0.2) is 24.5 Å². The van der Waals surface area contributed by atoms with Crippen molar-refractivity contribution in [2.24, 2.45) is 0 Å². The van der Waals surface area contributed by atoms with E-state index >= 15 is 0 Å². The number of rotatable bonds is 9. The van der Waals surface area contributed by atoms with Gasteiger partial charge in [0.25, 0.3) is 0 Å². The maximum absolute atomic E-state index is 2.32. The molecule has 0 aliphatic rings. The smallest absolute Gasteiger partial charge is 0.169 e. The van der Waals surface area contributed by atoms with E-state index in [1.165, 1.54) is 63.5 Å². The third-order valence-electron chi connectivity index (χ3n) is 3.30. The molecular formula is C16H28ClN. The fraction of sp³-hybridized carbons (Fsp3) is 0.688. The van der Waals surface area contributed by atoms with Gasteiger partial charge >= 0.3 is 0 Å². The Morgan fingerprint density at radius 3 is 2.06 bits per heavy atom. The summed E-state index contributed by atoms with van der Waals surface area (Å²) in [5.41, 5.74) is 1.48. The number of hydrogen-bond donors (Lipinski definition) is 0. The summed E-state index contributed by atoms with van der Waals surface area (Å²) in [5.74, 6) is 0. The van der Waals surface area contributed by atoms with Gasteiger partial charge in [-0.3, -0.25) is 0 Å². The molecule has 0 saturated heterocycles. The van der Waals surface area contributed by atoms with Gasteiger partial charge in [0.1, 0.15) is 6.54 Å². The Balaban J connectivity index is 0.00000289. The van der Waals surface area contributed by atoms with Crippen LogP contribution in [0.2, 0.25) is 0 Å². The van der Waals surface area contributed by atoms with E-state index in [9.17, 15) is 0 Å². The van der Waals surface area contributed by atoms with E-state index in [1.807, 2.05) is 0 Å². The van der Waals surface area contributed by atoms with E-state index < -0.39 is 0 Å². The van der Waals surface area contributed by atoms with Crippen molar-refractivity contribution in [2.75, 3.05) is 0 Å². The van der Waals surface area contributed by atoms with Crippen molar-refractivity contribution in [1.29, 1.82) is 0 Å². The van der Waals surface area contributed by atoms with Crippen molar-refractivity contribution in [1.82, 2.24) is 0 Å². The highest BCUT2D eigenvalue weighted by molar-refractivity contribution is 5.06. The van der Waals surface area contributed by atoms with Crippen LogP contribution in [-0.4, -0.2) is 0 Å². The summed E-state index contributed by atoms with van der Waals surface area (Å²) in [6.45, 7) is 5.70. The zero-order chi connectivity index (χ0) is 12.3. The average molecular weight is 270 g/mol. The van der Waals surface area contributed by atoms with Gasteiger partial charge in [-0.05, 0) is 24.8 Å². The van der Waals surface area contributed by atoms with Crippen molar-refractivity contribution in [3.8, 4) is 0 Å².